The normalized spacial score (nSPS) is 43.3. The van der Waals surface area contributed by atoms with Gasteiger partial charge in [-0.05, 0) is 0 Å². The van der Waals surface area contributed by atoms with E-state index in [1.807, 2.05) is 0 Å². The van der Waals surface area contributed by atoms with Gasteiger partial charge in [0.2, 0.25) is 0 Å². The second-order valence-corrected chi connectivity index (χ2v) is 7.69. The molecule has 4 aliphatic carbocycles. The Bertz CT molecular complexity index is 853. The highest BCUT2D eigenvalue weighted by Gasteiger charge is 3.23. The number of aliphatic hydroxyl groups is 1. The predicted octanol–water partition coefficient (Wildman–Crippen LogP) is 3.05. The van der Waals surface area contributed by atoms with Gasteiger partial charge in [-0.1, -0.05) is 0 Å². The molecule has 20 heteroatoms. The van der Waals surface area contributed by atoms with E-state index in [0.717, 1.165) is 0 Å². The highest BCUT2D eigenvalue weighted by molar-refractivity contribution is 6.26. The minimum absolute atomic E-state index is 1.19. The molecule has 0 heterocycles. The van der Waals surface area contributed by atoms with Crippen molar-refractivity contribution in [3.05, 3.63) is 0 Å². The molecule has 0 aromatic rings. The second-order valence-electron chi connectivity index (χ2n) is 7.42. The van der Waals surface area contributed by atoms with Crippen LogP contribution in [0.3, 0.4) is 0 Å². The zero-order valence-corrected chi connectivity index (χ0v) is 15.9. The Balaban J connectivity index is 2.46. The van der Waals surface area contributed by atoms with Gasteiger partial charge in [-0.25, -0.2) is 13.6 Å². The van der Waals surface area contributed by atoms with Gasteiger partial charge in [0.15, 0.2) is 6.61 Å². The van der Waals surface area contributed by atoms with Crippen molar-refractivity contribution in [3.8, 4) is 0 Å². The lowest BCUT2D eigenvalue weighted by atomic mass is 9.39. The van der Waals surface area contributed by atoms with Crippen LogP contribution in [0.4, 0.5) is 61.5 Å². The van der Waals surface area contributed by atoms with Crippen molar-refractivity contribution in [3.63, 3.8) is 0 Å². The van der Waals surface area contributed by atoms with E-state index >= 15 is 0 Å². The van der Waals surface area contributed by atoms with Crippen molar-refractivity contribution >= 4 is 23.5 Å². The van der Waals surface area contributed by atoms with Gasteiger partial charge in [0.25, 0.3) is 5.60 Å². The Kier molecular flexibility index (Phi) is 4.83. The molecule has 5 nitrogen and oxygen atoms in total. The molecule has 0 aromatic carbocycles. The summed E-state index contributed by atoms with van der Waals surface area (Å²) in [4.78, 5) is 22.4. The van der Waals surface area contributed by atoms with Crippen LogP contribution in [-0.4, -0.2) is 87.6 Å². The minimum Gasteiger partial charge on any atom is -0.453 e. The van der Waals surface area contributed by atoms with E-state index in [2.05, 4.69) is 9.47 Å². The number of hydrogen-bond acceptors (Lipinski definition) is 5. The van der Waals surface area contributed by atoms with Crippen LogP contribution in [-0.2, 0) is 19.1 Å². The van der Waals surface area contributed by atoms with Crippen molar-refractivity contribution in [1.29, 1.82) is 0 Å². The molecule has 0 saturated heterocycles. The molecule has 196 valence electrons. The van der Waals surface area contributed by atoms with E-state index in [9.17, 15) is 76.2 Å². The third-order valence-electron chi connectivity index (χ3n) is 6.01. The zero-order chi connectivity index (χ0) is 27.0. The predicted molar refractivity (Wildman–Crippen MR) is 72.8 cm³/mol. The van der Waals surface area contributed by atoms with Crippen molar-refractivity contribution in [2.75, 3.05) is 12.5 Å². The van der Waals surface area contributed by atoms with E-state index in [4.69, 9.17) is 11.6 Å². The van der Waals surface area contributed by atoms with Crippen LogP contribution < -0.4 is 0 Å². The molecule has 2 atom stereocenters. The third-order valence-corrected chi connectivity index (χ3v) is 6.23. The molecule has 4 fully saturated rings. The van der Waals surface area contributed by atoms with E-state index < -0.39 is 82.5 Å². The first-order chi connectivity index (χ1) is 14.8. The van der Waals surface area contributed by atoms with E-state index in [0.29, 0.717) is 0 Å². The van der Waals surface area contributed by atoms with Gasteiger partial charge < -0.3 is 14.6 Å². The summed E-state index contributed by atoms with van der Waals surface area (Å²) in [6.07, 6.45) is 0. The number of esters is 2. The maximum absolute atomic E-state index is 14.9. The van der Waals surface area contributed by atoms with Crippen LogP contribution in [0.5, 0.6) is 0 Å². The molecule has 2 unspecified atom stereocenters. The van der Waals surface area contributed by atoms with Crippen LogP contribution in [0, 0.1) is 0 Å². The van der Waals surface area contributed by atoms with E-state index in [1.165, 1.54) is 0 Å². The van der Waals surface area contributed by atoms with Gasteiger partial charge in [0, 0.05) is 0 Å². The largest absolute Gasteiger partial charge is 0.453 e. The Hall–Kier alpha value is -1.79. The molecule has 0 aromatic heterocycles. The van der Waals surface area contributed by atoms with Crippen LogP contribution in [0.2, 0.25) is 0 Å². The fraction of sp³-hybridized carbons (Fsp3) is 0.857. The fourth-order valence-electron chi connectivity index (χ4n) is 4.41. The third kappa shape index (κ3) is 1.84. The molecule has 0 amide bonds. The average molecular weight is 555 g/mol. The van der Waals surface area contributed by atoms with Crippen LogP contribution in [0.1, 0.15) is 0 Å². The van der Waals surface area contributed by atoms with Gasteiger partial charge >= 0.3 is 64.4 Å². The smallest absolute Gasteiger partial charge is 0.345 e. The van der Waals surface area contributed by atoms with Crippen LogP contribution >= 0.6 is 11.6 Å². The first-order valence-electron chi connectivity index (χ1n) is 8.15. The molecule has 34 heavy (non-hydrogen) atoms. The molecule has 1 N–H and O–H groups in total. The van der Waals surface area contributed by atoms with Crippen molar-refractivity contribution in [1.82, 2.24) is 0 Å². The van der Waals surface area contributed by atoms with E-state index in [-0.39, 0.29) is 0 Å². The summed E-state index contributed by atoms with van der Waals surface area (Å²) in [5.41, 5.74) is -30.2. The topological polar surface area (TPSA) is 72.8 Å². The lowest BCUT2D eigenvalue weighted by molar-refractivity contribution is -0.623. The number of carbonyl (C=O) groups excluding carboxylic acids is 2. The van der Waals surface area contributed by atoms with Gasteiger partial charge in [-0.3, -0.25) is 4.79 Å². The summed E-state index contributed by atoms with van der Waals surface area (Å²) in [5, 5.41) is 9.42. The highest BCUT2D eigenvalue weighted by atomic mass is 35.5. The molecule has 0 spiro atoms. The Morgan fingerprint density at radius 2 is 1.00 bits per heavy atom. The quantitative estimate of drug-likeness (QED) is 0.329. The molecular formula is C14H5ClF14O5. The average Bonchev–Trinajstić information content (AvgIpc) is 2.69. The molecule has 4 saturated carbocycles. The molecule has 0 aliphatic heterocycles. The van der Waals surface area contributed by atoms with Gasteiger partial charge in [-0.2, -0.15) is 52.7 Å². The van der Waals surface area contributed by atoms with Gasteiger partial charge in [0.1, 0.15) is 5.88 Å². The maximum Gasteiger partial charge on any atom is 0.345 e. The fourth-order valence-corrected chi connectivity index (χ4v) is 4.49. The SMILES string of the molecule is O=C(CCl)OCC(=O)OC12C(F)(F)C3(O)C(F)(F)C(F)(C(F)(F)C(F)(C3(F)F)C1(F)F)C2(F)F. The summed E-state index contributed by atoms with van der Waals surface area (Å²) in [6.45, 7) is -2.31. The monoisotopic (exact) mass is 554 g/mol. The molecule has 0 radical (unpaired) electrons. The number of rotatable bonds is 4. The zero-order valence-electron chi connectivity index (χ0n) is 15.2. The number of alkyl halides is 15. The molecule has 4 aliphatic rings. The van der Waals surface area contributed by atoms with Crippen molar-refractivity contribution in [2.24, 2.45) is 0 Å². The molecular weight excluding hydrogens is 550 g/mol. The van der Waals surface area contributed by atoms with Gasteiger partial charge in [0.05, 0.1) is 0 Å². The van der Waals surface area contributed by atoms with E-state index in [1.54, 1.807) is 0 Å². The van der Waals surface area contributed by atoms with Gasteiger partial charge in [-0.15, -0.1) is 11.6 Å². The molecule has 4 bridgehead atoms. The summed E-state index contributed by atoms with van der Waals surface area (Å²) < 4.78 is 211. The number of ether oxygens (including phenoxy) is 2. The summed E-state index contributed by atoms with van der Waals surface area (Å²) in [6, 6.07) is 0. The Labute approximate surface area is 180 Å². The summed E-state index contributed by atoms with van der Waals surface area (Å²) in [7, 11) is 0. The maximum atomic E-state index is 14.9. The summed E-state index contributed by atoms with van der Waals surface area (Å²) >= 11 is 4.85. The first kappa shape index (κ1) is 26.8. The van der Waals surface area contributed by atoms with Crippen molar-refractivity contribution < 1.29 is 85.6 Å². The Morgan fingerprint density at radius 3 is 1.35 bits per heavy atom. The van der Waals surface area contributed by atoms with Crippen molar-refractivity contribution in [2.45, 2.75) is 58.1 Å². The lowest BCUT2D eigenvalue weighted by Crippen LogP contribution is -3.10. The molecule has 4 rings (SSSR count). The summed E-state index contributed by atoms with van der Waals surface area (Å²) in [5.74, 6) is -52.8. The second kappa shape index (κ2) is 6.12. The van der Waals surface area contributed by atoms with Crippen LogP contribution in [0.25, 0.3) is 0 Å². The highest BCUT2D eigenvalue weighted by Crippen LogP contribution is 2.87. The standard InChI is InChI=1S/C14H5ClF14O5/c15-1-3(30)33-2-4(31)34-8-12(24,25)5(16)9(18,19)6(17,13(8,26)27)11(22,23)7(32,10(5,20)21)14(8,28)29/h32H,1-2H2. The number of halogens is 15. The number of hydrogen-bond donors (Lipinski definition) is 1. The lowest BCUT2D eigenvalue weighted by Gasteiger charge is -2.74. The first-order valence-corrected chi connectivity index (χ1v) is 8.69. The van der Waals surface area contributed by atoms with Crippen LogP contribution in [0.15, 0.2) is 0 Å². The Morgan fingerprint density at radius 1 is 0.618 bits per heavy atom. The minimum atomic E-state index is -7.91. The number of carbonyl (C=O) groups is 2.